The third-order valence-corrected chi connectivity index (χ3v) is 5.02. The first-order valence-corrected chi connectivity index (χ1v) is 8.26. The number of esters is 1. The van der Waals surface area contributed by atoms with Crippen LogP contribution >= 0.6 is 11.3 Å². The van der Waals surface area contributed by atoms with Crippen LogP contribution in [0.5, 0.6) is 0 Å². The second kappa shape index (κ2) is 6.52. The average molecular weight is 328 g/mol. The minimum absolute atomic E-state index is 0.0372. The van der Waals surface area contributed by atoms with Crippen molar-refractivity contribution in [1.29, 1.82) is 0 Å². The van der Waals surface area contributed by atoms with Gasteiger partial charge in [0.05, 0.1) is 12.8 Å². The summed E-state index contributed by atoms with van der Waals surface area (Å²) in [6.45, 7) is 6.12. The van der Waals surface area contributed by atoms with Crippen LogP contribution in [-0.4, -0.2) is 46.5 Å². The summed E-state index contributed by atoms with van der Waals surface area (Å²) in [5.41, 5.74) is -0.817. The summed E-state index contributed by atoms with van der Waals surface area (Å²) in [6, 6.07) is 0. The van der Waals surface area contributed by atoms with Crippen LogP contribution in [0.3, 0.4) is 0 Å². The Balaban J connectivity index is 1.94. The molecule has 2 unspecified atom stereocenters. The summed E-state index contributed by atoms with van der Waals surface area (Å²) in [5.74, 6) is -0.262. The first-order chi connectivity index (χ1) is 10.3. The molecular weight excluding hydrogens is 304 g/mol. The molecule has 0 aromatic carbocycles. The number of nitrogens with zero attached hydrogens (tertiary/aromatic N) is 1. The first kappa shape index (κ1) is 17.2. The average Bonchev–Trinajstić information content (AvgIpc) is 2.86. The Bertz CT molecular complexity index is 520. The van der Waals surface area contributed by atoms with Crippen molar-refractivity contribution >= 4 is 22.4 Å². The molecule has 3 N–H and O–H groups in total. The number of carbonyl (C=O) groups is 1. The van der Waals surface area contributed by atoms with Gasteiger partial charge in [-0.2, -0.15) is 0 Å². The highest BCUT2D eigenvalue weighted by molar-refractivity contribution is 7.17. The lowest BCUT2D eigenvalue weighted by Crippen LogP contribution is -2.49. The Morgan fingerprint density at radius 3 is 2.77 bits per heavy atom. The minimum atomic E-state index is -0.532. The molecule has 22 heavy (non-hydrogen) atoms. The molecule has 0 radical (unpaired) electrons. The van der Waals surface area contributed by atoms with Crippen molar-refractivity contribution in [2.75, 3.05) is 25.1 Å². The smallest absolute Gasteiger partial charge is 0.350 e. The molecular formula is C15H24N2O4S. The number of rotatable bonds is 6. The van der Waals surface area contributed by atoms with Gasteiger partial charge in [-0.3, -0.25) is 0 Å². The van der Waals surface area contributed by atoms with Crippen LogP contribution in [0.2, 0.25) is 0 Å². The van der Waals surface area contributed by atoms with Gasteiger partial charge in [0, 0.05) is 18.6 Å². The van der Waals surface area contributed by atoms with Gasteiger partial charge in [-0.05, 0) is 39.5 Å². The quantitative estimate of drug-likeness (QED) is 0.691. The van der Waals surface area contributed by atoms with Crippen LogP contribution in [0, 0.1) is 11.3 Å². The molecule has 124 valence electrons. The van der Waals surface area contributed by atoms with Gasteiger partial charge in [-0.15, -0.1) is 0 Å². The van der Waals surface area contributed by atoms with Gasteiger partial charge in [-0.25, -0.2) is 9.78 Å². The molecule has 0 saturated heterocycles. The molecule has 1 aliphatic carbocycles. The third-order valence-electron chi connectivity index (χ3n) is 4.09. The number of anilines is 1. The van der Waals surface area contributed by atoms with Crippen LogP contribution in [0.1, 0.15) is 43.3 Å². The van der Waals surface area contributed by atoms with E-state index in [4.69, 9.17) is 4.74 Å². The summed E-state index contributed by atoms with van der Waals surface area (Å²) in [7, 11) is 0. The number of nitrogens with one attached hydrogen (secondary N) is 1. The molecule has 0 bridgehead atoms. The molecule has 1 aromatic heterocycles. The van der Waals surface area contributed by atoms with Gasteiger partial charge in [0.15, 0.2) is 5.13 Å². The molecule has 6 nitrogen and oxygen atoms in total. The van der Waals surface area contributed by atoms with Gasteiger partial charge in [-0.1, -0.05) is 11.3 Å². The summed E-state index contributed by atoms with van der Waals surface area (Å²) >= 11 is 1.24. The third kappa shape index (κ3) is 3.77. The van der Waals surface area contributed by atoms with E-state index >= 15 is 0 Å². The number of aliphatic hydroxyl groups is 2. The van der Waals surface area contributed by atoms with E-state index in [1.807, 2.05) is 20.8 Å². The van der Waals surface area contributed by atoms with E-state index in [1.165, 1.54) is 17.5 Å². The largest absolute Gasteiger partial charge is 0.456 e. The number of carbonyl (C=O) groups excluding carboxylic acids is 1. The maximum absolute atomic E-state index is 11.9. The highest BCUT2D eigenvalue weighted by Crippen LogP contribution is 2.46. The Morgan fingerprint density at radius 2 is 2.27 bits per heavy atom. The van der Waals surface area contributed by atoms with Crippen LogP contribution in [0.25, 0.3) is 0 Å². The molecule has 2 atom stereocenters. The second-order valence-corrected chi connectivity index (χ2v) is 7.85. The van der Waals surface area contributed by atoms with E-state index in [0.717, 1.165) is 12.8 Å². The fourth-order valence-corrected chi connectivity index (χ4v) is 3.26. The van der Waals surface area contributed by atoms with Gasteiger partial charge < -0.3 is 20.3 Å². The molecule has 1 fully saturated rings. The van der Waals surface area contributed by atoms with E-state index < -0.39 is 5.60 Å². The highest BCUT2D eigenvalue weighted by Gasteiger charge is 2.45. The molecule has 1 aromatic rings. The molecule has 0 aliphatic heterocycles. The fraction of sp³-hybridized carbons (Fsp3) is 0.733. The van der Waals surface area contributed by atoms with Crippen LogP contribution in [0.15, 0.2) is 6.20 Å². The van der Waals surface area contributed by atoms with Gasteiger partial charge in [0.2, 0.25) is 0 Å². The van der Waals surface area contributed by atoms with Gasteiger partial charge in [0.25, 0.3) is 0 Å². The number of aliphatic hydroxyl groups excluding tert-OH is 2. The molecule has 2 rings (SSSR count). The van der Waals surface area contributed by atoms with Crippen LogP contribution in [-0.2, 0) is 4.74 Å². The normalized spacial score (nSPS) is 24.7. The van der Waals surface area contributed by atoms with Crippen LogP contribution in [0.4, 0.5) is 5.13 Å². The summed E-state index contributed by atoms with van der Waals surface area (Å²) in [4.78, 5) is 16.6. The highest BCUT2D eigenvalue weighted by atomic mass is 32.1. The van der Waals surface area contributed by atoms with Crippen LogP contribution < -0.4 is 5.32 Å². The predicted octanol–water partition coefficient (Wildman–Crippen LogP) is 1.89. The lowest BCUT2D eigenvalue weighted by Gasteiger charge is -2.47. The Kier molecular flexibility index (Phi) is 5.09. The molecule has 1 aliphatic rings. The lowest BCUT2D eigenvalue weighted by molar-refractivity contribution is -0.0429. The summed E-state index contributed by atoms with van der Waals surface area (Å²) in [6.07, 6.45) is 3.31. The van der Waals surface area contributed by atoms with Crippen molar-refractivity contribution < 1.29 is 19.7 Å². The van der Waals surface area contributed by atoms with Crippen molar-refractivity contribution in [1.82, 2.24) is 4.98 Å². The standard InChI is InChI=1S/C15H24N2O4S/c1-14(2,3)21-12(20)11-6-16-13(22-11)17-8-15(9-19)5-4-10(15)7-18/h6,10,18-19H,4-5,7-9H2,1-3H3,(H,16,17). The van der Waals surface area contributed by atoms with Gasteiger partial charge >= 0.3 is 5.97 Å². The molecule has 7 heteroatoms. The SMILES string of the molecule is CC(C)(C)OC(=O)c1cnc(NCC2(CO)CCC2CO)s1. The zero-order valence-corrected chi connectivity index (χ0v) is 14.1. The number of thiazole rings is 1. The summed E-state index contributed by atoms with van der Waals surface area (Å²) < 4.78 is 5.30. The Morgan fingerprint density at radius 1 is 1.55 bits per heavy atom. The van der Waals surface area contributed by atoms with E-state index in [-0.39, 0.29) is 30.5 Å². The van der Waals surface area contributed by atoms with Crippen molar-refractivity contribution in [2.24, 2.45) is 11.3 Å². The number of hydrogen-bond donors (Lipinski definition) is 3. The minimum Gasteiger partial charge on any atom is -0.456 e. The monoisotopic (exact) mass is 328 g/mol. The number of ether oxygens (including phenoxy) is 1. The lowest BCUT2D eigenvalue weighted by atomic mass is 9.60. The first-order valence-electron chi connectivity index (χ1n) is 7.44. The van der Waals surface area contributed by atoms with E-state index in [0.29, 0.717) is 16.6 Å². The second-order valence-electron chi connectivity index (χ2n) is 6.82. The van der Waals surface area contributed by atoms with Gasteiger partial charge in [0.1, 0.15) is 10.5 Å². The fourth-order valence-electron chi connectivity index (χ4n) is 2.57. The molecule has 0 amide bonds. The van der Waals surface area contributed by atoms with Crippen molar-refractivity contribution in [3.05, 3.63) is 11.1 Å². The molecule has 1 saturated carbocycles. The van der Waals surface area contributed by atoms with E-state index in [1.54, 1.807) is 0 Å². The Labute approximate surface area is 134 Å². The maximum atomic E-state index is 11.9. The Hall–Kier alpha value is -1.18. The summed E-state index contributed by atoms with van der Waals surface area (Å²) in [5, 5.41) is 22.7. The van der Waals surface area contributed by atoms with Crippen molar-refractivity contribution in [2.45, 2.75) is 39.2 Å². The number of hydrogen-bond acceptors (Lipinski definition) is 7. The van der Waals surface area contributed by atoms with Crippen molar-refractivity contribution in [3.8, 4) is 0 Å². The molecule has 1 heterocycles. The van der Waals surface area contributed by atoms with Crippen molar-refractivity contribution in [3.63, 3.8) is 0 Å². The molecule has 0 spiro atoms. The van der Waals surface area contributed by atoms with E-state index in [9.17, 15) is 15.0 Å². The van der Waals surface area contributed by atoms with E-state index in [2.05, 4.69) is 10.3 Å². The zero-order chi connectivity index (χ0) is 16.4. The zero-order valence-electron chi connectivity index (χ0n) is 13.3. The number of aromatic nitrogens is 1. The topological polar surface area (TPSA) is 91.7 Å². The maximum Gasteiger partial charge on any atom is 0.350 e. The predicted molar refractivity (Wildman–Crippen MR) is 85.1 cm³/mol.